The van der Waals surface area contributed by atoms with Crippen LogP contribution in [0.4, 0.5) is 4.79 Å². The molecule has 2 aliphatic rings. The van der Waals surface area contributed by atoms with E-state index in [1.165, 1.54) is 5.56 Å². The lowest BCUT2D eigenvalue weighted by Gasteiger charge is -2.47. The molecular weight excluding hydrogens is 388 g/mol. The van der Waals surface area contributed by atoms with Gasteiger partial charge in [0, 0.05) is 52.5 Å². The molecule has 174 valence electrons. The smallest absolute Gasteiger partial charge is 0.317 e. The van der Waals surface area contributed by atoms with Crippen LogP contribution in [0.2, 0.25) is 0 Å². The number of nitrogens with zero attached hydrogens (tertiary/aromatic N) is 3. The highest BCUT2D eigenvalue weighted by Crippen LogP contribution is 2.34. The zero-order valence-corrected chi connectivity index (χ0v) is 19.6. The highest BCUT2D eigenvalue weighted by molar-refractivity contribution is 5.79. The lowest BCUT2D eigenvalue weighted by atomic mass is 9.76. The third-order valence-electron chi connectivity index (χ3n) is 6.72. The second-order valence-corrected chi connectivity index (χ2v) is 9.51. The van der Waals surface area contributed by atoms with E-state index in [0.717, 1.165) is 51.7 Å². The number of benzene rings is 1. The van der Waals surface area contributed by atoms with Crippen molar-refractivity contribution >= 4 is 11.8 Å². The average molecular weight is 431 g/mol. The summed E-state index contributed by atoms with van der Waals surface area (Å²) >= 11 is 0. The number of piperidine rings is 1. The van der Waals surface area contributed by atoms with Crippen LogP contribution in [0, 0.1) is 5.92 Å². The van der Waals surface area contributed by atoms with Gasteiger partial charge in [-0.1, -0.05) is 37.3 Å². The van der Waals surface area contributed by atoms with Crippen LogP contribution in [-0.4, -0.2) is 85.4 Å². The number of likely N-dealkylation sites (N-methyl/N-ethyl adjacent to an activating group) is 1. The summed E-state index contributed by atoms with van der Waals surface area (Å²) in [6.07, 6.45) is 5.25. The van der Waals surface area contributed by atoms with Gasteiger partial charge in [-0.05, 0) is 57.8 Å². The molecule has 1 saturated carbocycles. The standard InChI is InChI=1S/C25H40N4O2.H2/c1-4-13-29-19-22(17-21-18-23(30)10-11-24(21)29)26-25(31)28(16-15-27(2)3)14-12-20-8-6-5-7-9-20;/h5-9,21-22,24H,4,10-19H2,1-3H3,(H,26,31);1H/t21-,22+,24-;/m1./s1. The third kappa shape index (κ3) is 7.04. The van der Waals surface area contributed by atoms with Crippen LogP contribution in [0.3, 0.4) is 0 Å². The Morgan fingerprint density at radius 1 is 1.19 bits per heavy atom. The first-order valence-corrected chi connectivity index (χ1v) is 12.0. The van der Waals surface area contributed by atoms with Crippen LogP contribution in [0.15, 0.2) is 30.3 Å². The summed E-state index contributed by atoms with van der Waals surface area (Å²) in [6.45, 7) is 6.40. The third-order valence-corrected chi connectivity index (χ3v) is 6.72. The number of carbonyl (C=O) groups is 2. The molecule has 3 rings (SSSR count). The molecule has 1 aliphatic heterocycles. The van der Waals surface area contributed by atoms with Crippen molar-refractivity contribution in [1.29, 1.82) is 0 Å². The summed E-state index contributed by atoms with van der Waals surface area (Å²) in [7, 11) is 4.08. The highest BCUT2D eigenvalue weighted by Gasteiger charge is 2.39. The Morgan fingerprint density at radius 3 is 2.68 bits per heavy atom. The van der Waals surface area contributed by atoms with Crippen molar-refractivity contribution in [1.82, 2.24) is 20.0 Å². The molecule has 1 heterocycles. The Bertz CT molecular complexity index is 715. The van der Waals surface area contributed by atoms with E-state index in [2.05, 4.69) is 34.2 Å². The number of carbonyl (C=O) groups excluding carboxylic acids is 2. The van der Waals surface area contributed by atoms with Crippen LogP contribution in [-0.2, 0) is 11.2 Å². The normalized spacial score (nSPS) is 24.1. The Hall–Kier alpha value is -1.92. The van der Waals surface area contributed by atoms with Gasteiger partial charge in [0.2, 0.25) is 0 Å². The molecule has 0 aromatic heterocycles. The van der Waals surface area contributed by atoms with E-state index >= 15 is 0 Å². The molecule has 1 aromatic carbocycles. The minimum atomic E-state index is 0. The molecule has 0 radical (unpaired) electrons. The molecule has 2 fully saturated rings. The summed E-state index contributed by atoms with van der Waals surface area (Å²) in [4.78, 5) is 31.9. The largest absolute Gasteiger partial charge is 0.334 e. The molecular formula is C25H42N4O2. The first-order chi connectivity index (χ1) is 15.0. The number of amides is 2. The van der Waals surface area contributed by atoms with Crippen LogP contribution >= 0.6 is 0 Å². The molecule has 1 aliphatic carbocycles. The molecule has 6 nitrogen and oxygen atoms in total. The average Bonchev–Trinajstić information content (AvgIpc) is 2.74. The molecule has 1 N–H and O–H groups in total. The molecule has 6 heteroatoms. The van der Waals surface area contributed by atoms with Crippen molar-refractivity contribution in [2.75, 3.05) is 46.8 Å². The zero-order valence-electron chi connectivity index (χ0n) is 19.6. The molecule has 1 aromatic rings. The Kier molecular flexibility index (Phi) is 8.90. The van der Waals surface area contributed by atoms with Gasteiger partial charge in [0.1, 0.15) is 5.78 Å². The number of fused-ring (bicyclic) bond motifs is 1. The number of hydrogen-bond donors (Lipinski definition) is 1. The van der Waals surface area contributed by atoms with Gasteiger partial charge in [0.05, 0.1) is 0 Å². The van der Waals surface area contributed by atoms with Crippen molar-refractivity contribution in [3.8, 4) is 0 Å². The maximum Gasteiger partial charge on any atom is 0.317 e. The van der Waals surface area contributed by atoms with E-state index in [-0.39, 0.29) is 13.5 Å². The van der Waals surface area contributed by atoms with Gasteiger partial charge in [-0.2, -0.15) is 0 Å². The highest BCUT2D eigenvalue weighted by atomic mass is 16.2. The fraction of sp³-hybridized carbons (Fsp3) is 0.680. The van der Waals surface area contributed by atoms with Crippen molar-refractivity contribution < 1.29 is 11.0 Å². The van der Waals surface area contributed by atoms with E-state index in [9.17, 15) is 9.59 Å². The fourth-order valence-corrected chi connectivity index (χ4v) is 5.11. The predicted molar refractivity (Wildman–Crippen MR) is 127 cm³/mol. The number of urea groups is 1. The molecule has 31 heavy (non-hydrogen) atoms. The first kappa shape index (κ1) is 23.7. The SMILES string of the molecule is CCCN1C[C@@H](NC(=O)N(CCc2ccccc2)CCN(C)C)C[C@@H]2CC(=O)CC[C@H]21.[HH]. The molecule has 0 spiro atoms. The van der Waals surface area contributed by atoms with Crippen molar-refractivity contribution in [2.45, 2.75) is 57.5 Å². The number of hydrogen-bond acceptors (Lipinski definition) is 4. The second-order valence-electron chi connectivity index (χ2n) is 9.51. The predicted octanol–water partition coefficient (Wildman–Crippen LogP) is 3.27. The molecule has 0 bridgehead atoms. The number of Topliss-reactive ketones (excluding diaryl/α,β-unsaturated/α-hetero) is 1. The van der Waals surface area contributed by atoms with E-state index in [1.807, 2.05) is 37.2 Å². The summed E-state index contributed by atoms with van der Waals surface area (Å²) in [5.74, 6) is 0.770. The Labute approximate surface area is 189 Å². The zero-order chi connectivity index (χ0) is 22.2. The van der Waals surface area contributed by atoms with E-state index in [0.29, 0.717) is 37.3 Å². The quantitative estimate of drug-likeness (QED) is 0.653. The number of likely N-dealkylation sites (tertiary alicyclic amines) is 1. The van der Waals surface area contributed by atoms with Crippen LogP contribution in [0.1, 0.15) is 46.0 Å². The topological polar surface area (TPSA) is 55.9 Å². The van der Waals surface area contributed by atoms with Crippen molar-refractivity contribution in [3.05, 3.63) is 35.9 Å². The van der Waals surface area contributed by atoms with Gasteiger partial charge in [0.15, 0.2) is 0 Å². The lowest BCUT2D eigenvalue weighted by Crippen LogP contribution is -2.59. The van der Waals surface area contributed by atoms with Crippen LogP contribution < -0.4 is 5.32 Å². The fourth-order valence-electron chi connectivity index (χ4n) is 5.11. The van der Waals surface area contributed by atoms with E-state index in [4.69, 9.17) is 0 Å². The van der Waals surface area contributed by atoms with Gasteiger partial charge in [0.25, 0.3) is 0 Å². The van der Waals surface area contributed by atoms with E-state index in [1.54, 1.807) is 0 Å². The van der Waals surface area contributed by atoms with Gasteiger partial charge in [-0.25, -0.2) is 4.79 Å². The Balaban J connectivity index is 0.00000363. The molecule has 2 amide bonds. The Morgan fingerprint density at radius 2 is 1.97 bits per heavy atom. The summed E-state index contributed by atoms with van der Waals surface area (Å²) in [5.41, 5.74) is 1.25. The summed E-state index contributed by atoms with van der Waals surface area (Å²) in [6, 6.07) is 11.0. The van der Waals surface area contributed by atoms with Gasteiger partial charge >= 0.3 is 6.03 Å². The lowest BCUT2D eigenvalue weighted by molar-refractivity contribution is -0.124. The molecule has 1 saturated heterocycles. The van der Waals surface area contributed by atoms with Gasteiger partial charge in [-0.15, -0.1) is 0 Å². The number of nitrogens with one attached hydrogen (secondary N) is 1. The van der Waals surface area contributed by atoms with Crippen LogP contribution in [0.25, 0.3) is 0 Å². The summed E-state index contributed by atoms with van der Waals surface area (Å²) < 4.78 is 0. The van der Waals surface area contributed by atoms with Crippen molar-refractivity contribution in [2.24, 2.45) is 5.92 Å². The van der Waals surface area contributed by atoms with Crippen LogP contribution in [0.5, 0.6) is 0 Å². The first-order valence-electron chi connectivity index (χ1n) is 12.0. The monoisotopic (exact) mass is 430 g/mol. The van der Waals surface area contributed by atoms with Gasteiger partial charge in [-0.3, -0.25) is 9.69 Å². The minimum absolute atomic E-state index is 0. The van der Waals surface area contributed by atoms with Gasteiger partial charge < -0.3 is 15.1 Å². The maximum atomic E-state index is 13.2. The van der Waals surface area contributed by atoms with E-state index < -0.39 is 0 Å². The minimum Gasteiger partial charge on any atom is -0.334 e. The molecule has 0 unspecified atom stereocenters. The van der Waals surface area contributed by atoms with Crippen molar-refractivity contribution in [3.63, 3.8) is 0 Å². The second kappa shape index (κ2) is 11.6. The number of ketones is 1. The maximum absolute atomic E-state index is 13.2. The number of rotatable bonds is 9. The summed E-state index contributed by atoms with van der Waals surface area (Å²) in [5, 5.41) is 3.33. The molecule has 3 atom stereocenters.